The first-order valence-electron chi connectivity index (χ1n) is 10.8. The van der Waals surface area contributed by atoms with Gasteiger partial charge in [0, 0.05) is 0 Å². The SMILES string of the molecule is FC(F)(F)C1=CC=CC(C[PH](c2ccccc2)(c2ccccc2)c2ccccc2)(C(F)(F)F)C1. The third-order valence-corrected chi connectivity index (χ3v) is 11.6. The average Bonchev–Trinajstić information content (AvgIpc) is 2.83. The molecule has 0 spiro atoms. The summed E-state index contributed by atoms with van der Waals surface area (Å²) in [5.74, 6) is 0. The Morgan fingerprint density at radius 3 is 1.41 bits per heavy atom. The molecule has 34 heavy (non-hydrogen) atoms. The number of benzene rings is 3. The van der Waals surface area contributed by atoms with Crippen molar-refractivity contribution in [1.82, 2.24) is 0 Å². The molecule has 3 aromatic carbocycles. The number of alkyl halides is 6. The normalized spacial score (nSPS) is 19.5. The molecule has 7 heteroatoms. The molecule has 178 valence electrons. The molecule has 0 aliphatic heterocycles. The van der Waals surface area contributed by atoms with Crippen molar-refractivity contribution in [2.24, 2.45) is 5.41 Å². The molecule has 0 amide bonds. The number of hydrogen-bond acceptors (Lipinski definition) is 0. The first-order valence-corrected chi connectivity index (χ1v) is 13.0. The van der Waals surface area contributed by atoms with Gasteiger partial charge in [0.25, 0.3) is 0 Å². The zero-order valence-electron chi connectivity index (χ0n) is 18.1. The van der Waals surface area contributed by atoms with Gasteiger partial charge in [-0.05, 0) is 0 Å². The van der Waals surface area contributed by atoms with E-state index >= 15 is 0 Å². The van der Waals surface area contributed by atoms with Crippen molar-refractivity contribution in [3.63, 3.8) is 0 Å². The van der Waals surface area contributed by atoms with Gasteiger partial charge in [-0.1, -0.05) is 0 Å². The molecule has 0 radical (unpaired) electrons. The first kappa shape index (κ1) is 24.3. The number of allylic oxidation sites excluding steroid dienone is 4. The number of hydrogen-bond donors (Lipinski definition) is 0. The van der Waals surface area contributed by atoms with Gasteiger partial charge >= 0.3 is 195 Å². The molecule has 0 aromatic heterocycles. The van der Waals surface area contributed by atoms with Crippen LogP contribution < -0.4 is 15.9 Å². The van der Waals surface area contributed by atoms with Gasteiger partial charge in [-0.2, -0.15) is 0 Å². The third kappa shape index (κ3) is 4.44. The van der Waals surface area contributed by atoms with E-state index in [1.54, 1.807) is 91.0 Å². The van der Waals surface area contributed by atoms with Gasteiger partial charge in [-0.15, -0.1) is 0 Å². The molecular weight excluding hydrogens is 469 g/mol. The van der Waals surface area contributed by atoms with E-state index in [1.165, 1.54) is 0 Å². The van der Waals surface area contributed by atoms with Crippen LogP contribution in [0.1, 0.15) is 6.42 Å². The summed E-state index contributed by atoms with van der Waals surface area (Å²) in [7, 11) is -3.45. The molecule has 1 atom stereocenters. The van der Waals surface area contributed by atoms with E-state index in [4.69, 9.17) is 0 Å². The summed E-state index contributed by atoms with van der Waals surface area (Å²) in [6, 6.07) is 26.7. The fraction of sp³-hybridized carbons (Fsp3) is 0.185. The monoisotopic (exact) mass is 492 g/mol. The van der Waals surface area contributed by atoms with Crippen LogP contribution in [0, 0.1) is 5.41 Å². The van der Waals surface area contributed by atoms with Gasteiger partial charge in [0.1, 0.15) is 0 Å². The molecule has 0 bridgehead atoms. The molecule has 0 heterocycles. The zero-order chi connectivity index (χ0) is 24.5. The van der Waals surface area contributed by atoms with Crippen LogP contribution in [0.25, 0.3) is 0 Å². The topological polar surface area (TPSA) is 0 Å². The predicted octanol–water partition coefficient (Wildman–Crippen LogP) is 6.71. The van der Waals surface area contributed by atoms with E-state index in [9.17, 15) is 26.3 Å². The second kappa shape index (κ2) is 9.07. The van der Waals surface area contributed by atoms with Gasteiger partial charge in [0.15, 0.2) is 0 Å². The number of halogens is 6. The van der Waals surface area contributed by atoms with Gasteiger partial charge in [0.2, 0.25) is 0 Å². The molecule has 0 fully saturated rings. The first-order chi connectivity index (χ1) is 16.1. The Labute approximate surface area is 195 Å². The molecule has 0 saturated carbocycles. The summed E-state index contributed by atoms with van der Waals surface area (Å²) in [4.78, 5) is 0. The van der Waals surface area contributed by atoms with Crippen molar-refractivity contribution in [3.05, 3.63) is 115 Å². The Morgan fingerprint density at radius 1 is 0.647 bits per heavy atom. The Kier molecular flexibility index (Phi) is 6.48. The maximum absolute atomic E-state index is 14.8. The van der Waals surface area contributed by atoms with Gasteiger partial charge in [-0.3, -0.25) is 0 Å². The standard InChI is InChI=1S/C27H23F6P/c28-26(29,30)21-11-10-18-25(19-21,27(31,32)33)20-34(22-12-4-1-5-13-22,23-14-6-2-7-15-23)24-16-8-3-9-17-24/h1-18,34H,19-20H2. The van der Waals surface area contributed by atoms with Crippen molar-refractivity contribution in [1.29, 1.82) is 0 Å². The Hall–Kier alpha value is -2.85. The van der Waals surface area contributed by atoms with Crippen molar-refractivity contribution in [3.8, 4) is 0 Å². The molecule has 3 aromatic rings. The number of rotatable bonds is 5. The summed E-state index contributed by atoms with van der Waals surface area (Å²) >= 11 is 0. The van der Waals surface area contributed by atoms with Crippen LogP contribution in [0.4, 0.5) is 26.3 Å². The fourth-order valence-corrected chi connectivity index (χ4v) is 10.2. The van der Waals surface area contributed by atoms with Crippen LogP contribution in [-0.2, 0) is 0 Å². The average molecular weight is 492 g/mol. The quantitative estimate of drug-likeness (QED) is 0.274. The van der Waals surface area contributed by atoms with Crippen molar-refractivity contribution in [2.45, 2.75) is 18.8 Å². The maximum atomic E-state index is 14.8. The second-order valence-corrected chi connectivity index (χ2v) is 12.5. The van der Waals surface area contributed by atoms with E-state index < -0.39 is 43.2 Å². The van der Waals surface area contributed by atoms with E-state index in [1.807, 2.05) is 0 Å². The van der Waals surface area contributed by atoms with E-state index in [0.717, 1.165) is 18.2 Å². The Morgan fingerprint density at radius 2 is 1.06 bits per heavy atom. The fourth-order valence-electron chi connectivity index (χ4n) is 4.86. The van der Waals surface area contributed by atoms with Crippen LogP contribution in [0.15, 0.2) is 115 Å². The van der Waals surface area contributed by atoms with Gasteiger partial charge < -0.3 is 0 Å². The van der Waals surface area contributed by atoms with Crippen LogP contribution in [-0.4, -0.2) is 18.5 Å². The third-order valence-electron chi connectivity index (χ3n) is 6.53. The Bertz CT molecular complexity index is 1070. The van der Waals surface area contributed by atoms with E-state index in [2.05, 4.69) is 0 Å². The van der Waals surface area contributed by atoms with Crippen molar-refractivity contribution >= 4 is 23.2 Å². The van der Waals surface area contributed by atoms with Crippen LogP contribution in [0.3, 0.4) is 0 Å². The molecular formula is C27H23F6P. The molecule has 1 aliphatic carbocycles. The Balaban J connectivity index is 2.01. The van der Waals surface area contributed by atoms with Crippen LogP contribution in [0.5, 0.6) is 0 Å². The molecule has 1 aliphatic rings. The van der Waals surface area contributed by atoms with Gasteiger partial charge in [0.05, 0.1) is 0 Å². The molecule has 4 rings (SSSR count). The summed E-state index contributed by atoms with van der Waals surface area (Å²) in [6.45, 7) is 0. The molecule has 0 nitrogen and oxygen atoms in total. The summed E-state index contributed by atoms with van der Waals surface area (Å²) < 4.78 is 85.3. The molecule has 1 unspecified atom stereocenters. The predicted molar refractivity (Wildman–Crippen MR) is 128 cm³/mol. The van der Waals surface area contributed by atoms with Gasteiger partial charge in [-0.25, -0.2) is 0 Å². The van der Waals surface area contributed by atoms with Crippen molar-refractivity contribution < 1.29 is 26.3 Å². The summed E-state index contributed by atoms with van der Waals surface area (Å²) in [5.41, 5.74) is -3.83. The summed E-state index contributed by atoms with van der Waals surface area (Å²) in [5, 5.41) is 2.15. The minimum absolute atomic E-state index is 0.481. The zero-order valence-corrected chi connectivity index (χ0v) is 19.1. The second-order valence-electron chi connectivity index (χ2n) is 8.56. The molecule has 0 N–H and O–H groups in total. The molecule has 0 saturated heterocycles. The van der Waals surface area contributed by atoms with E-state index in [-0.39, 0.29) is 0 Å². The summed E-state index contributed by atoms with van der Waals surface area (Å²) in [6.07, 6.45) is -8.74. The van der Waals surface area contributed by atoms with Crippen LogP contribution >= 0.6 is 7.26 Å². The van der Waals surface area contributed by atoms with E-state index in [0.29, 0.717) is 15.9 Å². The van der Waals surface area contributed by atoms with Crippen molar-refractivity contribution in [2.75, 3.05) is 6.16 Å². The minimum atomic E-state index is -4.88. The van der Waals surface area contributed by atoms with Crippen LogP contribution in [0.2, 0.25) is 0 Å².